The first kappa shape index (κ1) is 11.0. The first-order valence-electron chi connectivity index (χ1n) is 4.76. The van der Waals surface area contributed by atoms with Crippen molar-refractivity contribution in [1.29, 1.82) is 0 Å². The molecule has 1 aromatic rings. The van der Waals surface area contributed by atoms with E-state index in [9.17, 15) is 0 Å². The standard InChI is InChI=1S/C11H17NO2/c1-3-10(12)9-6-8(7-13)4-5-11(9)14-2/h4-6,10,13H,3,7,12H2,1-2H3. The minimum absolute atomic E-state index is 0.0311. The lowest BCUT2D eigenvalue weighted by Crippen LogP contribution is -2.10. The van der Waals surface area contributed by atoms with Gasteiger partial charge in [-0.2, -0.15) is 0 Å². The van der Waals surface area contributed by atoms with Gasteiger partial charge in [0.2, 0.25) is 0 Å². The molecule has 0 saturated carbocycles. The largest absolute Gasteiger partial charge is 0.496 e. The summed E-state index contributed by atoms with van der Waals surface area (Å²) in [6.07, 6.45) is 0.852. The van der Waals surface area contributed by atoms with E-state index < -0.39 is 0 Å². The van der Waals surface area contributed by atoms with E-state index in [-0.39, 0.29) is 12.6 Å². The maximum Gasteiger partial charge on any atom is 0.123 e. The highest BCUT2D eigenvalue weighted by Gasteiger charge is 2.10. The van der Waals surface area contributed by atoms with Gasteiger partial charge in [-0.3, -0.25) is 0 Å². The van der Waals surface area contributed by atoms with Crippen molar-refractivity contribution in [3.63, 3.8) is 0 Å². The smallest absolute Gasteiger partial charge is 0.123 e. The second-order valence-electron chi connectivity index (χ2n) is 3.25. The molecule has 0 aliphatic rings. The molecule has 1 rings (SSSR count). The minimum Gasteiger partial charge on any atom is -0.496 e. The van der Waals surface area contributed by atoms with E-state index in [0.29, 0.717) is 0 Å². The quantitative estimate of drug-likeness (QED) is 0.767. The zero-order chi connectivity index (χ0) is 10.6. The molecule has 1 aromatic carbocycles. The Morgan fingerprint density at radius 2 is 2.21 bits per heavy atom. The van der Waals surface area contributed by atoms with Gasteiger partial charge < -0.3 is 15.6 Å². The molecule has 0 spiro atoms. The topological polar surface area (TPSA) is 55.5 Å². The van der Waals surface area contributed by atoms with E-state index in [1.807, 2.05) is 25.1 Å². The van der Waals surface area contributed by atoms with Gasteiger partial charge in [0.1, 0.15) is 5.75 Å². The summed E-state index contributed by atoms with van der Waals surface area (Å²) in [5.74, 6) is 0.788. The van der Waals surface area contributed by atoms with E-state index in [1.54, 1.807) is 7.11 Å². The second kappa shape index (κ2) is 4.98. The summed E-state index contributed by atoms with van der Waals surface area (Å²) >= 11 is 0. The Kier molecular flexibility index (Phi) is 3.92. The predicted molar refractivity (Wildman–Crippen MR) is 56.1 cm³/mol. The predicted octanol–water partition coefficient (Wildman–Crippen LogP) is 1.60. The summed E-state index contributed by atoms with van der Waals surface area (Å²) in [7, 11) is 1.62. The summed E-state index contributed by atoms with van der Waals surface area (Å²) in [4.78, 5) is 0. The number of methoxy groups -OCH3 is 1. The lowest BCUT2D eigenvalue weighted by Gasteiger charge is -2.14. The Balaban J connectivity index is 3.08. The van der Waals surface area contributed by atoms with Crippen LogP contribution in [0.4, 0.5) is 0 Å². The van der Waals surface area contributed by atoms with Gasteiger partial charge >= 0.3 is 0 Å². The van der Waals surface area contributed by atoms with Gasteiger partial charge in [0.25, 0.3) is 0 Å². The van der Waals surface area contributed by atoms with Crippen molar-refractivity contribution >= 4 is 0 Å². The number of benzene rings is 1. The molecular formula is C11H17NO2. The van der Waals surface area contributed by atoms with Gasteiger partial charge in [0.05, 0.1) is 13.7 Å². The van der Waals surface area contributed by atoms with Gasteiger partial charge in [-0.1, -0.05) is 13.0 Å². The summed E-state index contributed by atoms with van der Waals surface area (Å²) in [5, 5.41) is 9.00. The first-order valence-corrected chi connectivity index (χ1v) is 4.76. The van der Waals surface area contributed by atoms with E-state index in [2.05, 4.69) is 0 Å². The third-order valence-electron chi connectivity index (χ3n) is 2.32. The summed E-state index contributed by atoms with van der Waals surface area (Å²) < 4.78 is 5.21. The number of ether oxygens (including phenoxy) is 1. The molecular weight excluding hydrogens is 178 g/mol. The van der Waals surface area contributed by atoms with Crippen LogP contribution in [0.2, 0.25) is 0 Å². The minimum atomic E-state index is -0.0311. The van der Waals surface area contributed by atoms with Gasteiger partial charge in [-0.15, -0.1) is 0 Å². The lowest BCUT2D eigenvalue weighted by molar-refractivity contribution is 0.281. The van der Waals surface area contributed by atoms with Crippen LogP contribution in [0.3, 0.4) is 0 Å². The molecule has 0 heterocycles. The van der Waals surface area contributed by atoms with Crippen LogP contribution in [-0.2, 0) is 6.61 Å². The number of hydrogen-bond donors (Lipinski definition) is 2. The molecule has 0 saturated heterocycles. The molecule has 78 valence electrons. The van der Waals surface area contributed by atoms with Crippen LogP contribution in [-0.4, -0.2) is 12.2 Å². The SMILES string of the molecule is CCC(N)c1cc(CO)ccc1OC. The molecule has 0 amide bonds. The Hall–Kier alpha value is -1.06. The second-order valence-corrected chi connectivity index (χ2v) is 3.25. The van der Waals surface area contributed by atoms with E-state index >= 15 is 0 Å². The third kappa shape index (κ3) is 2.25. The van der Waals surface area contributed by atoms with Crippen LogP contribution in [0.5, 0.6) is 5.75 Å². The van der Waals surface area contributed by atoms with Crippen LogP contribution in [0.15, 0.2) is 18.2 Å². The number of rotatable bonds is 4. The van der Waals surface area contributed by atoms with Crippen molar-refractivity contribution in [2.45, 2.75) is 26.0 Å². The number of nitrogens with two attached hydrogens (primary N) is 1. The van der Waals surface area contributed by atoms with Crippen LogP contribution in [0.25, 0.3) is 0 Å². The van der Waals surface area contributed by atoms with Crippen LogP contribution < -0.4 is 10.5 Å². The van der Waals surface area contributed by atoms with Crippen molar-refractivity contribution in [3.8, 4) is 5.75 Å². The molecule has 0 aliphatic carbocycles. The number of hydrogen-bond acceptors (Lipinski definition) is 3. The Labute approximate surface area is 84.5 Å². The summed E-state index contributed by atoms with van der Waals surface area (Å²) in [6, 6.07) is 5.55. The average molecular weight is 195 g/mol. The van der Waals surface area contributed by atoms with Crippen LogP contribution in [0.1, 0.15) is 30.5 Å². The molecule has 3 nitrogen and oxygen atoms in total. The van der Waals surface area contributed by atoms with Crippen LogP contribution in [0, 0.1) is 0 Å². The van der Waals surface area contributed by atoms with E-state index in [0.717, 1.165) is 23.3 Å². The molecule has 3 heteroatoms. The zero-order valence-corrected chi connectivity index (χ0v) is 8.66. The lowest BCUT2D eigenvalue weighted by atomic mass is 10.0. The van der Waals surface area contributed by atoms with E-state index in [4.69, 9.17) is 15.6 Å². The molecule has 0 radical (unpaired) electrons. The normalized spacial score (nSPS) is 12.6. The molecule has 14 heavy (non-hydrogen) atoms. The molecule has 0 aromatic heterocycles. The number of aliphatic hydroxyl groups excluding tert-OH is 1. The van der Waals surface area contributed by atoms with Gasteiger partial charge in [0.15, 0.2) is 0 Å². The fourth-order valence-electron chi connectivity index (χ4n) is 1.39. The van der Waals surface area contributed by atoms with E-state index in [1.165, 1.54) is 0 Å². The molecule has 0 fully saturated rings. The molecule has 3 N–H and O–H groups in total. The molecule has 1 unspecified atom stereocenters. The number of aliphatic hydroxyl groups is 1. The van der Waals surface area contributed by atoms with Crippen molar-refractivity contribution < 1.29 is 9.84 Å². The monoisotopic (exact) mass is 195 g/mol. The fraction of sp³-hybridized carbons (Fsp3) is 0.455. The van der Waals surface area contributed by atoms with Crippen molar-refractivity contribution in [2.75, 3.05) is 7.11 Å². The third-order valence-corrected chi connectivity index (χ3v) is 2.32. The van der Waals surface area contributed by atoms with Crippen molar-refractivity contribution in [2.24, 2.45) is 5.73 Å². The maximum absolute atomic E-state index is 9.00. The van der Waals surface area contributed by atoms with Crippen molar-refractivity contribution in [3.05, 3.63) is 29.3 Å². The average Bonchev–Trinajstić information content (AvgIpc) is 2.27. The molecule has 0 bridgehead atoms. The van der Waals surface area contributed by atoms with Gasteiger partial charge in [0, 0.05) is 11.6 Å². The highest BCUT2D eigenvalue weighted by atomic mass is 16.5. The first-order chi connectivity index (χ1) is 6.72. The molecule has 0 aliphatic heterocycles. The fourth-order valence-corrected chi connectivity index (χ4v) is 1.39. The Morgan fingerprint density at radius 3 is 2.71 bits per heavy atom. The molecule has 1 atom stereocenters. The van der Waals surface area contributed by atoms with Crippen LogP contribution >= 0.6 is 0 Å². The zero-order valence-electron chi connectivity index (χ0n) is 8.66. The Bertz CT molecular complexity index is 299. The van der Waals surface area contributed by atoms with Gasteiger partial charge in [-0.05, 0) is 24.1 Å². The maximum atomic E-state index is 9.00. The summed E-state index contributed by atoms with van der Waals surface area (Å²) in [6.45, 7) is 2.06. The highest BCUT2D eigenvalue weighted by Crippen LogP contribution is 2.26. The van der Waals surface area contributed by atoms with Crippen molar-refractivity contribution in [1.82, 2.24) is 0 Å². The summed E-state index contributed by atoms with van der Waals surface area (Å²) in [5.41, 5.74) is 7.76. The highest BCUT2D eigenvalue weighted by molar-refractivity contribution is 5.39. The Morgan fingerprint density at radius 1 is 1.50 bits per heavy atom. The van der Waals surface area contributed by atoms with Gasteiger partial charge in [-0.25, -0.2) is 0 Å².